The average molecular weight is 398 g/mol. The Bertz CT molecular complexity index is 1210. The lowest BCUT2D eigenvalue weighted by Crippen LogP contribution is -2.24. The number of benzene rings is 2. The number of hydrogen-bond donors (Lipinski definition) is 1. The quantitative estimate of drug-likeness (QED) is 0.362. The third-order valence-corrected chi connectivity index (χ3v) is 4.89. The minimum Gasteiger partial charge on any atom is -0.494 e. The molecule has 0 aliphatic carbocycles. The van der Waals surface area contributed by atoms with Gasteiger partial charge in [-0.25, -0.2) is 0 Å². The second-order valence-electron chi connectivity index (χ2n) is 7.01. The molecule has 0 aliphatic rings. The Hall–Kier alpha value is -3.86. The second-order valence-corrected chi connectivity index (χ2v) is 7.01. The molecule has 0 saturated carbocycles. The Morgan fingerprint density at radius 2 is 1.70 bits per heavy atom. The Labute approximate surface area is 174 Å². The number of anilines is 1. The van der Waals surface area contributed by atoms with Crippen LogP contribution in [0.15, 0.2) is 79.0 Å². The number of ether oxygens (including phenoxy) is 1. The summed E-state index contributed by atoms with van der Waals surface area (Å²) in [6.07, 6.45) is 1.79. The summed E-state index contributed by atoms with van der Waals surface area (Å²) >= 11 is 0. The SMILES string of the molecule is CCOc1ccc(-c2cc3ccccn3c2C(=O)C(=O)Nc2ccc(C)cc2)cc1. The van der Waals surface area contributed by atoms with Gasteiger partial charge < -0.3 is 14.5 Å². The number of aryl methyl sites for hydroxylation is 1. The summed E-state index contributed by atoms with van der Waals surface area (Å²) < 4.78 is 7.26. The fourth-order valence-electron chi connectivity index (χ4n) is 3.41. The van der Waals surface area contributed by atoms with Crippen molar-refractivity contribution >= 4 is 22.9 Å². The number of nitrogens with one attached hydrogen (secondary N) is 1. The molecule has 1 N–H and O–H groups in total. The number of pyridine rings is 1. The van der Waals surface area contributed by atoms with Crippen LogP contribution in [-0.2, 0) is 4.79 Å². The number of hydrogen-bond acceptors (Lipinski definition) is 3. The van der Waals surface area contributed by atoms with Crippen LogP contribution >= 0.6 is 0 Å². The fourth-order valence-corrected chi connectivity index (χ4v) is 3.41. The Kier molecular flexibility index (Phi) is 5.35. The summed E-state index contributed by atoms with van der Waals surface area (Å²) in [5.41, 5.74) is 4.38. The topological polar surface area (TPSA) is 59.8 Å². The van der Waals surface area contributed by atoms with Gasteiger partial charge in [0, 0.05) is 23.0 Å². The lowest BCUT2D eigenvalue weighted by Gasteiger charge is -2.09. The molecule has 4 aromatic rings. The van der Waals surface area contributed by atoms with Gasteiger partial charge in [-0.2, -0.15) is 0 Å². The number of carbonyl (C=O) groups is 2. The molecule has 150 valence electrons. The first-order valence-corrected chi connectivity index (χ1v) is 9.82. The van der Waals surface area contributed by atoms with Crippen molar-refractivity contribution in [2.75, 3.05) is 11.9 Å². The van der Waals surface area contributed by atoms with Crippen LogP contribution in [0.3, 0.4) is 0 Å². The lowest BCUT2D eigenvalue weighted by atomic mass is 10.0. The molecule has 0 fully saturated rings. The first kappa shape index (κ1) is 19.5. The molecule has 2 aromatic carbocycles. The number of fused-ring (bicyclic) bond motifs is 1. The highest BCUT2D eigenvalue weighted by Crippen LogP contribution is 2.30. The summed E-state index contributed by atoms with van der Waals surface area (Å²) in [4.78, 5) is 26.0. The van der Waals surface area contributed by atoms with E-state index in [0.717, 1.165) is 22.4 Å². The number of rotatable bonds is 6. The molecular formula is C25H22N2O3. The van der Waals surface area contributed by atoms with Gasteiger partial charge in [0.15, 0.2) is 0 Å². The maximum Gasteiger partial charge on any atom is 0.298 e. The van der Waals surface area contributed by atoms with Crippen LogP contribution in [0.25, 0.3) is 16.6 Å². The van der Waals surface area contributed by atoms with Crippen molar-refractivity contribution < 1.29 is 14.3 Å². The fraction of sp³-hybridized carbons (Fsp3) is 0.120. The predicted molar refractivity (Wildman–Crippen MR) is 118 cm³/mol. The minimum atomic E-state index is -0.671. The van der Waals surface area contributed by atoms with Gasteiger partial charge in [-0.15, -0.1) is 0 Å². The van der Waals surface area contributed by atoms with E-state index < -0.39 is 11.7 Å². The molecule has 5 heteroatoms. The zero-order valence-corrected chi connectivity index (χ0v) is 16.9. The zero-order valence-electron chi connectivity index (χ0n) is 16.9. The zero-order chi connectivity index (χ0) is 21.1. The molecule has 5 nitrogen and oxygen atoms in total. The third kappa shape index (κ3) is 3.82. The molecule has 0 radical (unpaired) electrons. The minimum absolute atomic E-state index is 0.333. The van der Waals surface area contributed by atoms with Crippen LogP contribution in [0, 0.1) is 6.92 Å². The summed E-state index contributed by atoms with van der Waals surface area (Å²) in [6.45, 7) is 4.48. The Morgan fingerprint density at radius 3 is 2.40 bits per heavy atom. The molecule has 30 heavy (non-hydrogen) atoms. The van der Waals surface area contributed by atoms with E-state index in [4.69, 9.17) is 4.74 Å². The lowest BCUT2D eigenvalue weighted by molar-refractivity contribution is -0.112. The third-order valence-electron chi connectivity index (χ3n) is 4.89. The molecule has 0 unspecified atom stereocenters. The average Bonchev–Trinajstić information content (AvgIpc) is 3.15. The molecule has 0 atom stereocenters. The largest absolute Gasteiger partial charge is 0.494 e. The van der Waals surface area contributed by atoms with Gasteiger partial charge in [-0.05, 0) is 61.9 Å². The predicted octanol–water partition coefficient (Wildman–Crippen LogP) is 5.13. The number of ketones is 1. The van der Waals surface area contributed by atoms with E-state index in [1.165, 1.54) is 0 Å². The van der Waals surface area contributed by atoms with Crippen molar-refractivity contribution in [2.24, 2.45) is 0 Å². The van der Waals surface area contributed by atoms with Crippen molar-refractivity contribution in [1.29, 1.82) is 0 Å². The summed E-state index contributed by atoms with van der Waals surface area (Å²) in [5, 5.41) is 2.70. The molecule has 0 saturated heterocycles. The van der Waals surface area contributed by atoms with Crippen molar-refractivity contribution in [2.45, 2.75) is 13.8 Å². The van der Waals surface area contributed by atoms with E-state index in [1.807, 2.05) is 74.5 Å². The van der Waals surface area contributed by atoms with Crippen LogP contribution in [0.4, 0.5) is 5.69 Å². The van der Waals surface area contributed by atoms with Crippen LogP contribution in [0.5, 0.6) is 5.75 Å². The molecular weight excluding hydrogens is 376 g/mol. The summed E-state index contributed by atoms with van der Waals surface area (Å²) in [6, 6.07) is 22.4. The summed E-state index contributed by atoms with van der Waals surface area (Å²) in [7, 11) is 0. The maximum atomic E-state index is 13.2. The van der Waals surface area contributed by atoms with E-state index >= 15 is 0 Å². The molecule has 2 heterocycles. The number of carbonyl (C=O) groups excluding carboxylic acids is 2. The standard InChI is InChI=1S/C25H22N2O3/c1-3-30-21-13-9-18(10-14-21)22-16-20-6-4-5-15-27(20)23(22)24(28)25(29)26-19-11-7-17(2)8-12-19/h4-16H,3H2,1-2H3,(H,26,29). The van der Waals surface area contributed by atoms with Crippen molar-refractivity contribution in [1.82, 2.24) is 4.40 Å². The highest BCUT2D eigenvalue weighted by atomic mass is 16.5. The molecule has 2 aromatic heterocycles. The van der Waals surface area contributed by atoms with E-state index in [9.17, 15) is 9.59 Å². The smallest absolute Gasteiger partial charge is 0.298 e. The first-order valence-electron chi connectivity index (χ1n) is 9.82. The van der Waals surface area contributed by atoms with Gasteiger partial charge >= 0.3 is 0 Å². The van der Waals surface area contributed by atoms with E-state index in [2.05, 4.69) is 5.32 Å². The molecule has 1 amide bonds. The monoisotopic (exact) mass is 398 g/mol. The van der Waals surface area contributed by atoms with Crippen LogP contribution in [0.2, 0.25) is 0 Å². The van der Waals surface area contributed by atoms with E-state index in [-0.39, 0.29) is 0 Å². The molecule has 0 spiro atoms. The Balaban J connectivity index is 1.73. The van der Waals surface area contributed by atoms with Crippen LogP contribution in [-0.4, -0.2) is 22.7 Å². The number of amides is 1. The van der Waals surface area contributed by atoms with Crippen molar-refractivity contribution in [3.8, 4) is 16.9 Å². The molecule has 4 rings (SSSR count). The van der Waals surface area contributed by atoms with Gasteiger partial charge in [0.1, 0.15) is 11.4 Å². The van der Waals surface area contributed by atoms with Gasteiger partial charge in [0.2, 0.25) is 0 Å². The van der Waals surface area contributed by atoms with Gasteiger partial charge in [0.05, 0.1) is 6.61 Å². The summed E-state index contributed by atoms with van der Waals surface area (Å²) in [5.74, 6) is -0.504. The highest BCUT2D eigenvalue weighted by molar-refractivity contribution is 6.47. The number of nitrogens with zero attached hydrogens (tertiary/aromatic N) is 1. The number of aromatic nitrogens is 1. The van der Waals surface area contributed by atoms with Gasteiger partial charge in [0.25, 0.3) is 11.7 Å². The van der Waals surface area contributed by atoms with Crippen LogP contribution < -0.4 is 10.1 Å². The van der Waals surface area contributed by atoms with Crippen molar-refractivity contribution in [3.63, 3.8) is 0 Å². The van der Waals surface area contributed by atoms with E-state index in [1.54, 1.807) is 22.7 Å². The molecule has 0 aliphatic heterocycles. The van der Waals surface area contributed by atoms with E-state index in [0.29, 0.717) is 23.6 Å². The highest BCUT2D eigenvalue weighted by Gasteiger charge is 2.24. The van der Waals surface area contributed by atoms with Gasteiger partial charge in [-0.1, -0.05) is 35.9 Å². The molecule has 0 bridgehead atoms. The normalized spacial score (nSPS) is 10.7. The Morgan fingerprint density at radius 1 is 0.967 bits per heavy atom. The van der Waals surface area contributed by atoms with Gasteiger partial charge in [-0.3, -0.25) is 9.59 Å². The van der Waals surface area contributed by atoms with Crippen molar-refractivity contribution in [3.05, 3.63) is 90.3 Å². The number of Topliss-reactive ketones (excluding diaryl/α,β-unsaturated/α-hetero) is 1. The maximum absolute atomic E-state index is 13.2. The van der Waals surface area contributed by atoms with Crippen LogP contribution in [0.1, 0.15) is 23.0 Å². The first-order chi connectivity index (χ1) is 14.6. The second kappa shape index (κ2) is 8.25.